The molecule has 0 bridgehead atoms. The Hall–Kier alpha value is -4.62. The Morgan fingerprint density at radius 2 is 1.80 bits per heavy atom. The number of H-pyrrole nitrogens is 2. The standard InChI is InChI=1S/C31H28F2N8O2S/c1-44(42,43)9-5-18-10-20(13-22(32)12-18)27-28-24(4-6-35-27)37-31(38-28)29-25-26(33)23(16-36-30(25)40-39-29)21-11-19(14-34-15-21)17-41-7-2-3-8-41/h4,6,10-16H,2-3,5,7-9,17H2,1H3,(H,37,38)(H,36,39,40). The van der Waals surface area contributed by atoms with E-state index in [9.17, 15) is 12.8 Å². The van der Waals surface area contributed by atoms with Crippen LogP contribution in [0, 0.1) is 11.6 Å². The van der Waals surface area contributed by atoms with E-state index in [1.807, 2.05) is 12.3 Å². The lowest BCUT2D eigenvalue weighted by molar-refractivity contribution is 0.331. The van der Waals surface area contributed by atoms with E-state index < -0.39 is 21.5 Å². The van der Waals surface area contributed by atoms with Gasteiger partial charge in [0, 0.05) is 54.3 Å². The van der Waals surface area contributed by atoms with Crippen LogP contribution in [0.4, 0.5) is 8.78 Å². The maximum atomic E-state index is 16.2. The quantitative estimate of drug-likeness (QED) is 0.242. The average molecular weight is 615 g/mol. The molecule has 0 saturated carbocycles. The number of fused-ring (bicyclic) bond motifs is 2. The van der Waals surface area contributed by atoms with E-state index in [1.165, 1.54) is 31.2 Å². The third-order valence-corrected chi connectivity index (χ3v) is 8.81. The molecule has 2 N–H and O–H groups in total. The molecule has 0 spiro atoms. The maximum Gasteiger partial charge on any atom is 0.184 e. The molecule has 1 fully saturated rings. The van der Waals surface area contributed by atoms with Gasteiger partial charge < -0.3 is 4.98 Å². The van der Waals surface area contributed by atoms with Gasteiger partial charge in [0.1, 0.15) is 32.7 Å². The molecule has 224 valence electrons. The predicted octanol–water partition coefficient (Wildman–Crippen LogP) is 5.09. The van der Waals surface area contributed by atoms with Gasteiger partial charge in [0.2, 0.25) is 0 Å². The van der Waals surface area contributed by atoms with Gasteiger partial charge in [-0.2, -0.15) is 5.10 Å². The second kappa shape index (κ2) is 11.1. The smallest absolute Gasteiger partial charge is 0.184 e. The minimum absolute atomic E-state index is 0.104. The van der Waals surface area contributed by atoms with Crippen LogP contribution in [-0.2, 0) is 22.8 Å². The van der Waals surface area contributed by atoms with E-state index in [2.05, 4.69) is 35.0 Å². The number of likely N-dealkylation sites (tertiary alicyclic amines) is 1. The summed E-state index contributed by atoms with van der Waals surface area (Å²) in [5, 5.41) is 7.27. The van der Waals surface area contributed by atoms with Crippen LogP contribution in [0.25, 0.3) is 56.0 Å². The van der Waals surface area contributed by atoms with Crippen LogP contribution in [0.3, 0.4) is 0 Å². The van der Waals surface area contributed by atoms with Crippen LogP contribution in [0.1, 0.15) is 24.0 Å². The normalized spacial score (nSPS) is 14.2. The van der Waals surface area contributed by atoms with Crippen LogP contribution < -0.4 is 0 Å². The molecule has 0 aliphatic carbocycles. The van der Waals surface area contributed by atoms with Crippen molar-refractivity contribution in [3.8, 4) is 33.9 Å². The van der Waals surface area contributed by atoms with Crippen LogP contribution in [0.15, 0.2) is 55.1 Å². The lowest BCUT2D eigenvalue weighted by Gasteiger charge is -2.15. The number of halogens is 2. The van der Waals surface area contributed by atoms with Crippen molar-refractivity contribution in [2.75, 3.05) is 25.1 Å². The van der Waals surface area contributed by atoms with Crippen LogP contribution >= 0.6 is 0 Å². The second-order valence-electron chi connectivity index (χ2n) is 11.2. The summed E-state index contributed by atoms with van der Waals surface area (Å²) >= 11 is 0. The number of aryl methyl sites for hydroxylation is 1. The topological polar surface area (TPSA) is 133 Å². The van der Waals surface area contributed by atoms with Crippen molar-refractivity contribution in [1.29, 1.82) is 0 Å². The SMILES string of the molecule is CS(=O)(=O)CCc1cc(F)cc(-c2nccc3[nH]c(-c4[nH]nc5ncc(-c6cncc(CN7CCCC7)c6)c(F)c45)nc23)c1. The van der Waals surface area contributed by atoms with Crippen molar-refractivity contribution in [3.05, 3.63) is 77.9 Å². The monoisotopic (exact) mass is 614 g/mol. The molecular weight excluding hydrogens is 586 g/mol. The van der Waals surface area contributed by atoms with Crippen molar-refractivity contribution in [2.24, 2.45) is 0 Å². The van der Waals surface area contributed by atoms with Crippen molar-refractivity contribution in [1.82, 2.24) is 40.0 Å². The van der Waals surface area contributed by atoms with E-state index in [4.69, 9.17) is 4.98 Å². The fraction of sp³-hybridized carbons (Fsp3) is 0.258. The number of nitrogens with zero attached hydrogens (tertiary/aromatic N) is 6. The molecule has 0 radical (unpaired) electrons. The summed E-state index contributed by atoms with van der Waals surface area (Å²) < 4.78 is 54.2. The van der Waals surface area contributed by atoms with Crippen molar-refractivity contribution in [3.63, 3.8) is 0 Å². The molecule has 1 saturated heterocycles. The molecule has 0 unspecified atom stereocenters. The Kier molecular flexibility index (Phi) is 7.13. The highest BCUT2D eigenvalue weighted by Gasteiger charge is 2.22. The molecule has 0 amide bonds. The second-order valence-corrected chi connectivity index (χ2v) is 13.5. The fourth-order valence-electron chi connectivity index (χ4n) is 5.74. The van der Waals surface area contributed by atoms with Gasteiger partial charge in [0.25, 0.3) is 0 Å². The van der Waals surface area contributed by atoms with Gasteiger partial charge in [-0.15, -0.1) is 0 Å². The lowest BCUT2D eigenvalue weighted by Crippen LogP contribution is -2.18. The van der Waals surface area contributed by atoms with Gasteiger partial charge in [-0.25, -0.2) is 27.2 Å². The van der Waals surface area contributed by atoms with E-state index in [0.29, 0.717) is 50.5 Å². The number of aromatic amines is 2. The Balaban J connectivity index is 1.27. The zero-order chi connectivity index (χ0) is 30.4. The van der Waals surface area contributed by atoms with Crippen molar-refractivity contribution >= 4 is 31.9 Å². The van der Waals surface area contributed by atoms with E-state index in [-0.39, 0.29) is 23.2 Å². The minimum Gasteiger partial charge on any atom is -0.337 e. The molecule has 7 rings (SSSR count). The van der Waals surface area contributed by atoms with Crippen LogP contribution in [0.2, 0.25) is 0 Å². The highest BCUT2D eigenvalue weighted by molar-refractivity contribution is 7.90. The predicted molar refractivity (Wildman–Crippen MR) is 163 cm³/mol. The summed E-state index contributed by atoms with van der Waals surface area (Å²) in [5.74, 6) is -0.810. The number of sulfone groups is 1. The number of rotatable bonds is 8. The number of hydrogen-bond acceptors (Lipinski definition) is 8. The van der Waals surface area contributed by atoms with E-state index >= 15 is 4.39 Å². The molecule has 5 aromatic heterocycles. The zero-order valence-electron chi connectivity index (χ0n) is 23.8. The first kappa shape index (κ1) is 28.2. The summed E-state index contributed by atoms with van der Waals surface area (Å²) in [5.41, 5.74) is 4.84. The summed E-state index contributed by atoms with van der Waals surface area (Å²) in [6.45, 7) is 2.85. The van der Waals surface area contributed by atoms with Gasteiger partial charge in [0.15, 0.2) is 11.5 Å². The third kappa shape index (κ3) is 5.55. The van der Waals surface area contributed by atoms with Crippen LogP contribution in [0.5, 0.6) is 0 Å². The third-order valence-electron chi connectivity index (χ3n) is 7.86. The van der Waals surface area contributed by atoms with Crippen molar-refractivity contribution < 1.29 is 17.2 Å². The van der Waals surface area contributed by atoms with Gasteiger partial charge in [-0.3, -0.25) is 20.0 Å². The number of benzene rings is 1. The average Bonchev–Trinajstić information content (AvgIpc) is 3.75. The molecule has 0 atom stereocenters. The molecule has 1 aromatic carbocycles. The maximum absolute atomic E-state index is 16.2. The Labute approximate surface area is 251 Å². The minimum atomic E-state index is -3.22. The zero-order valence-corrected chi connectivity index (χ0v) is 24.6. The lowest BCUT2D eigenvalue weighted by atomic mass is 10.0. The largest absolute Gasteiger partial charge is 0.337 e. The number of nitrogens with one attached hydrogen (secondary N) is 2. The Morgan fingerprint density at radius 1 is 0.977 bits per heavy atom. The molecule has 13 heteroatoms. The molecule has 44 heavy (non-hydrogen) atoms. The summed E-state index contributed by atoms with van der Waals surface area (Å²) in [4.78, 5) is 23.5. The van der Waals surface area contributed by atoms with Gasteiger partial charge >= 0.3 is 0 Å². The molecular formula is C31H28F2N8O2S. The highest BCUT2D eigenvalue weighted by atomic mass is 32.2. The highest BCUT2D eigenvalue weighted by Crippen LogP contribution is 2.34. The van der Waals surface area contributed by atoms with Crippen molar-refractivity contribution in [2.45, 2.75) is 25.8 Å². The van der Waals surface area contributed by atoms with Crippen LogP contribution in [-0.4, -0.2) is 73.5 Å². The van der Waals surface area contributed by atoms with E-state index in [1.54, 1.807) is 24.5 Å². The van der Waals surface area contributed by atoms with Gasteiger partial charge in [-0.1, -0.05) is 0 Å². The number of pyridine rings is 3. The molecule has 6 heterocycles. The molecule has 1 aliphatic heterocycles. The Morgan fingerprint density at radius 3 is 2.61 bits per heavy atom. The summed E-state index contributed by atoms with van der Waals surface area (Å²) in [7, 11) is -3.22. The first-order valence-corrected chi connectivity index (χ1v) is 16.3. The summed E-state index contributed by atoms with van der Waals surface area (Å²) in [6, 6.07) is 8.01. The summed E-state index contributed by atoms with van der Waals surface area (Å²) in [6.07, 6.45) is 10.1. The molecule has 1 aliphatic rings. The molecule has 6 aromatic rings. The first-order valence-electron chi connectivity index (χ1n) is 14.2. The number of imidazole rings is 1. The number of hydrogen-bond donors (Lipinski definition) is 2. The fourth-order valence-corrected chi connectivity index (χ4v) is 6.35. The number of aromatic nitrogens is 7. The van der Waals surface area contributed by atoms with Gasteiger partial charge in [-0.05, 0) is 73.8 Å². The first-order chi connectivity index (χ1) is 21.2. The van der Waals surface area contributed by atoms with E-state index in [0.717, 1.165) is 31.5 Å². The van der Waals surface area contributed by atoms with Gasteiger partial charge in [0.05, 0.1) is 22.3 Å². The Bertz CT molecular complexity index is 2140. The molecule has 10 nitrogen and oxygen atoms in total.